The maximum absolute atomic E-state index is 12.8. The molecular weight excluding hydrogens is 331 g/mol. The van der Waals surface area contributed by atoms with E-state index < -0.39 is 17.6 Å². The van der Waals surface area contributed by atoms with Crippen LogP contribution in [0.25, 0.3) is 16.2 Å². The van der Waals surface area contributed by atoms with E-state index in [9.17, 15) is 18.0 Å². The number of primary amides is 1. The van der Waals surface area contributed by atoms with Crippen molar-refractivity contribution in [3.63, 3.8) is 0 Å². The zero-order valence-electron chi connectivity index (χ0n) is 11.5. The van der Waals surface area contributed by atoms with Gasteiger partial charge in [-0.1, -0.05) is 23.5 Å². The van der Waals surface area contributed by atoms with E-state index in [0.717, 1.165) is 23.5 Å². The fourth-order valence-corrected chi connectivity index (χ4v) is 2.75. The minimum atomic E-state index is -4.42. The van der Waals surface area contributed by atoms with Crippen molar-refractivity contribution in [1.82, 2.24) is 14.6 Å². The number of benzene rings is 1. The van der Waals surface area contributed by atoms with Gasteiger partial charge in [-0.05, 0) is 12.1 Å². The number of nitrogens with one attached hydrogen (secondary N) is 1. The van der Waals surface area contributed by atoms with Gasteiger partial charge in [0.25, 0.3) is 0 Å². The van der Waals surface area contributed by atoms with Crippen LogP contribution in [0, 0.1) is 0 Å². The van der Waals surface area contributed by atoms with Crippen molar-refractivity contribution in [2.45, 2.75) is 6.18 Å². The molecule has 1 amide bonds. The van der Waals surface area contributed by atoms with Crippen LogP contribution >= 0.6 is 11.3 Å². The first-order valence-corrected chi connectivity index (χ1v) is 7.20. The number of aromatic nitrogens is 3. The normalized spacial score (nSPS) is 11.8. The number of nitrogens with two attached hydrogens (primary N) is 1. The molecule has 2 aromatic heterocycles. The van der Waals surface area contributed by atoms with Crippen LogP contribution in [0.15, 0.2) is 30.5 Å². The smallest absolute Gasteiger partial charge is 0.368 e. The molecule has 1 aromatic carbocycles. The van der Waals surface area contributed by atoms with E-state index in [4.69, 9.17) is 5.73 Å². The van der Waals surface area contributed by atoms with E-state index in [-0.39, 0.29) is 6.54 Å². The second-order valence-corrected chi connectivity index (χ2v) is 5.60. The molecule has 23 heavy (non-hydrogen) atoms. The number of halogens is 3. The lowest BCUT2D eigenvalue weighted by molar-refractivity contribution is -0.137. The maximum Gasteiger partial charge on any atom is 0.416 e. The molecule has 3 N–H and O–H groups in total. The highest BCUT2D eigenvalue weighted by Crippen LogP contribution is 2.33. The first-order chi connectivity index (χ1) is 10.8. The number of carbonyl (C=O) groups excluding carboxylic acids is 1. The molecule has 6 nitrogen and oxygen atoms in total. The highest BCUT2D eigenvalue weighted by atomic mass is 32.1. The van der Waals surface area contributed by atoms with Crippen LogP contribution in [0.5, 0.6) is 0 Å². The lowest BCUT2D eigenvalue weighted by atomic mass is 10.1. The Bertz CT molecular complexity index is 870. The average molecular weight is 341 g/mol. The van der Waals surface area contributed by atoms with Crippen LogP contribution in [0.3, 0.4) is 0 Å². The van der Waals surface area contributed by atoms with Gasteiger partial charge in [-0.25, -0.2) is 9.50 Å². The third kappa shape index (κ3) is 3.11. The summed E-state index contributed by atoms with van der Waals surface area (Å²) in [6.07, 6.45) is -2.97. The number of imidazole rings is 1. The van der Waals surface area contributed by atoms with Gasteiger partial charge in [-0.15, -0.1) is 5.10 Å². The Labute approximate surface area is 131 Å². The highest BCUT2D eigenvalue weighted by molar-refractivity contribution is 7.20. The number of amides is 1. The van der Waals surface area contributed by atoms with Crippen molar-refractivity contribution in [1.29, 1.82) is 0 Å². The Balaban J connectivity index is 1.98. The van der Waals surface area contributed by atoms with Crippen LogP contribution < -0.4 is 11.1 Å². The molecule has 0 fully saturated rings. The molecule has 0 bridgehead atoms. The zero-order chi connectivity index (χ0) is 16.6. The highest BCUT2D eigenvalue weighted by Gasteiger charge is 2.30. The number of hydrogen-bond acceptors (Lipinski definition) is 5. The Morgan fingerprint density at radius 1 is 1.39 bits per heavy atom. The van der Waals surface area contributed by atoms with E-state index in [1.165, 1.54) is 16.8 Å². The van der Waals surface area contributed by atoms with E-state index >= 15 is 0 Å². The summed E-state index contributed by atoms with van der Waals surface area (Å²) in [5, 5.41) is 7.31. The number of nitrogens with zero attached hydrogens (tertiary/aromatic N) is 3. The first kappa shape index (κ1) is 15.3. The predicted octanol–water partition coefficient (Wildman–Crippen LogP) is 2.37. The minimum Gasteiger partial charge on any atom is -0.368 e. The van der Waals surface area contributed by atoms with Gasteiger partial charge in [0.05, 0.1) is 24.0 Å². The monoisotopic (exact) mass is 341 g/mol. The Morgan fingerprint density at radius 2 is 2.17 bits per heavy atom. The van der Waals surface area contributed by atoms with Gasteiger partial charge >= 0.3 is 6.18 Å². The fraction of sp³-hybridized carbons (Fsp3) is 0.154. The van der Waals surface area contributed by atoms with Crippen LogP contribution in [0.4, 0.5) is 18.3 Å². The number of anilines is 1. The molecule has 0 spiro atoms. The lowest BCUT2D eigenvalue weighted by Crippen LogP contribution is -2.21. The van der Waals surface area contributed by atoms with Crippen LogP contribution in [-0.4, -0.2) is 27.0 Å². The fourth-order valence-electron chi connectivity index (χ4n) is 1.98. The van der Waals surface area contributed by atoms with E-state index in [1.54, 1.807) is 6.07 Å². The van der Waals surface area contributed by atoms with Gasteiger partial charge in [0.2, 0.25) is 16.0 Å². The molecule has 0 aliphatic rings. The molecule has 0 aliphatic heterocycles. The summed E-state index contributed by atoms with van der Waals surface area (Å²) in [6, 6.07) is 4.92. The van der Waals surface area contributed by atoms with Crippen molar-refractivity contribution < 1.29 is 18.0 Å². The second kappa shape index (κ2) is 5.54. The van der Waals surface area contributed by atoms with Crippen molar-refractivity contribution in [3.8, 4) is 11.3 Å². The van der Waals surface area contributed by atoms with Crippen LogP contribution in [0.1, 0.15) is 5.56 Å². The summed E-state index contributed by atoms with van der Waals surface area (Å²) in [5.41, 5.74) is 5.06. The Morgan fingerprint density at radius 3 is 2.87 bits per heavy atom. The van der Waals surface area contributed by atoms with Crippen molar-refractivity contribution in [2.75, 3.05) is 11.9 Å². The van der Waals surface area contributed by atoms with Gasteiger partial charge in [0.15, 0.2) is 0 Å². The number of alkyl halides is 3. The van der Waals surface area contributed by atoms with Crippen molar-refractivity contribution in [3.05, 3.63) is 36.0 Å². The summed E-state index contributed by atoms with van der Waals surface area (Å²) in [7, 11) is 0. The molecular formula is C13H10F3N5OS. The molecule has 0 atom stereocenters. The van der Waals surface area contributed by atoms with Gasteiger partial charge in [0, 0.05) is 5.56 Å². The second-order valence-electron chi connectivity index (χ2n) is 4.64. The summed E-state index contributed by atoms with van der Waals surface area (Å²) in [5.74, 6) is -0.545. The van der Waals surface area contributed by atoms with Gasteiger partial charge in [0.1, 0.15) is 0 Å². The third-order valence-corrected chi connectivity index (χ3v) is 3.87. The van der Waals surface area contributed by atoms with Gasteiger partial charge < -0.3 is 11.1 Å². The van der Waals surface area contributed by atoms with E-state index in [1.807, 2.05) is 0 Å². The molecule has 10 heteroatoms. The van der Waals surface area contributed by atoms with Crippen molar-refractivity contribution in [2.24, 2.45) is 5.73 Å². The molecule has 2 heterocycles. The van der Waals surface area contributed by atoms with Gasteiger partial charge in [-0.3, -0.25) is 4.79 Å². The summed E-state index contributed by atoms with van der Waals surface area (Å²) < 4.78 is 39.9. The van der Waals surface area contributed by atoms with Crippen LogP contribution in [-0.2, 0) is 11.0 Å². The topological polar surface area (TPSA) is 85.3 Å². The first-order valence-electron chi connectivity index (χ1n) is 6.39. The maximum atomic E-state index is 12.8. The third-order valence-electron chi connectivity index (χ3n) is 2.98. The van der Waals surface area contributed by atoms with E-state index in [0.29, 0.717) is 21.3 Å². The number of rotatable bonds is 4. The van der Waals surface area contributed by atoms with Gasteiger partial charge in [-0.2, -0.15) is 13.2 Å². The number of hydrogen-bond donors (Lipinski definition) is 2. The summed E-state index contributed by atoms with van der Waals surface area (Å²) in [6.45, 7) is -0.0877. The Kier molecular flexibility index (Phi) is 3.68. The Hall–Kier alpha value is -2.62. The molecule has 0 radical (unpaired) electrons. The molecule has 3 aromatic rings. The largest absolute Gasteiger partial charge is 0.416 e. The number of carbonyl (C=O) groups is 1. The summed E-state index contributed by atoms with van der Waals surface area (Å²) >= 11 is 1.16. The lowest BCUT2D eigenvalue weighted by Gasteiger charge is -2.07. The standard InChI is InChI=1S/C13H10F3N5OS/c14-13(15,16)8-3-1-2-7(4-8)9-5-19-12-21(9)20-11(23-12)18-6-10(17)22/h1-5H,6H2,(H2,17,22)(H,18,20). The molecule has 0 unspecified atom stereocenters. The number of fused-ring (bicyclic) bond motifs is 1. The molecule has 0 aliphatic carbocycles. The molecule has 0 saturated carbocycles. The molecule has 120 valence electrons. The predicted molar refractivity (Wildman–Crippen MR) is 79.0 cm³/mol. The average Bonchev–Trinajstić information content (AvgIpc) is 3.04. The zero-order valence-corrected chi connectivity index (χ0v) is 12.3. The SMILES string of the molecule is NC(=O)CNc1nn2c(-c3cccc(C(F)(F)F)c3)cnc2s1. The molecule has 3 rings (SSSR count). The van der Waals surface area contributed by atoms with Crippen molar-refractivity contribution >= 4 is 27.3 Å². The minimum absolute atomic E-state index is 0.0877. The quantitative estimate of drug-likeness (QED) is 0.763. The van der Waals surface area contributed by atoms with E-state index in [2.05, 4.69) is 15.4 Å². The summed E-state index contributed by atoms with van der Waals surface area (Å²) in [4.78, 5) is 15.4. The molecule has 0 saturated heterocycles. The van der Waals surface area contributed by atoms with Crippen LogP contribution in [0.2, 0.25) is 0 Å².